The van der Waals surface area contributed by atoms with Crippen LogP contribution in [0.3, 0.4) is 0 Å². The highest BCUT2D eigenvalue weighted by Gasteiger charge is 2.22. The second-order valence-electron chi connectivity index (χ2n) is 5.44. The molecule has 0 saturated heterocycles. The molecule has 2 rings (SSSR count). The van der Waals surface area contributed by atoms with E-state index in [1.54, 1.807) is 18.2 Å². The van der Waals surface area contributed by atoms with E-state index in [1.807, 2.05) is 12.3 Å². The Bertz CT molecular complexity index is 982. The highest BCUT2D eigenvalue weighted by molar-refractivity contribution is 7.98. The lowest BCUT2D eigenvalue weighted by atomic mass is 10.2. The summed E-state index contributed by atoms with van der Waals surface area (Å²) in [5.74, 6) is -0.683. The van der Waals surface area contributed by atoms with E-state index >= 15 is 0 Å². The Morgan fingerprint density at radius 2 is 2.00 bits per heavy atom. The van der Waals surface area contributed by atoms with E-state index in [1.165, 1.54) is 23.9 Å². The molecule has 0 saturated carbocycles. The average Bonchev–Trinajstić information content (AvgIpc) is 2.60. The third-order valence-corrected chi connectivity index (χ3v) is 5.66. The van der Waals surface area contributed by atoms with Crippen molar-refractivity contribution in [2.24, 2.45) is 0 Å². The molecule has 1 N–H and O–H groups in total. The van der Waals surface area contributed by atoms with Gasteiger partial charge in [-0.3, -0.25) is 19.2 Å². The van der Waals surface area contributed by atoms with E-state index in [0.717, 1.165) is 21.5 Å². The zero-order valence-corrected chi connectivity index (χ0v) is 16.8. The van der Waals surface area contributed by atoms with Gasteiger partial charge in [-0.1, -0.05) is 17.7 Å². The van der Waals surface area contributed by atoms with Crippen molar-refractivity contribution in [1.82, 2.24) is 0 Å². The summed E-state index contributed by atoms with van der Waals surface area (Å²) in [5, 5.41) is 13.4. The minimum absolute atomic E-state index is 0.0298. The molecule has 0 radical (unpaired) electrons. The monoisotopic (exact) mass is 429 g/mol. The molecule has 0 bridgehead atoms. The van der Waals surface area contributed by atoms with Crippen molar-refractivity contribution in [3.63, 3.8) is 0 Å². The molecule has 27 heavy (non-hydrogen) atoms. The maximum absolute atomic E-state index is 12.4. The first-order valence-electron chi connectivity index (χ1n) is 7.47. The van der Waals surface area contributed by atoms with Crippen LogP contribution < -0.4 is 9.62 Å². The summed E-state index contributed by atoms with van der Waals surface area (Å²) in [5.41, 5.74) is 0.120. The molecule has 0 atom stereocenters. The molecule has 8 nitrogen and oxygen atoms in total. The number of halogens is 1. The number of carbonyl (C=O) groups excluding carboxylic acids is 1. The molecule has 11 heteroatoms. The van der Waals surface area contributed by atoms with Crippen LogP contribution in [0, 0.1) is 10.1 Å². The number of nitrogens with zero attached hydrogens (tertiary/aromatic N) is 2. The summed E-state index contributed by atoms with van der Waals surface area (Å²) in [7, 11) is -3.74. The van der Waals surface area contributed by atoms with Gasteiger partial charge in [0.1, 0.15) is 6.54 Å². The number of nitro benzene ring substituents is 1. The zero-order chi connectivity index (χ0) is 20.2. The maximum Gasteiger partial charge on any atom is 0.271 e. The Morgan fingerprint density at radius 3 is 2.59 bits per heavy atom. The van der Waals surface area contributed by atoms with Crippen LogP contribution in [0.5, 0.6) is 0 Å². The number of non-ortho nitro benzene ring substituents is 1. The third kappa shape index (κ3) is 5.59. The molecule has 0 heterocycles. The lowest BCUT2D eigenvalue weighted by Gasteiger charge is -2.22. The molecule has 0 unspecified atom stereocenters. The van der Waals surface area contributed by atoms with Crippen LogP contribution in [0.1, 0.15) is 0 Å². The summed E-state index contributed by atoms with van der Waals surface area (Å²) in [6, 6.07) is 10.3. The number of amides is 1. The molecule has 1 amide bonds. The molecule has 0 aliphatic heterocycles. The molecular formula is C16H16ClN3O5S2. The SMILES string of the molecule is CSc1cccc(N(CC(=O)Nc2cc([N+](=O)[O-])ccc2Cl)S(C)(=O)=O)c1. The fourth-order valence-electron chi connectivity index (χ4n) is 2.21. The standard InChI is InChI=1S/C16H16ClN3O5S2/c1-26-13-5-3-4-11(8-13)19(27(2,24)25)10-16(21)18-15-9-12(20(22)23)6-7-14(15)17/h3-9H,10H2,1-2H3,(H,18,21). The van der Waals surface area contributed by atoms with Crippen molar-refractivity contribution in [2.45, 2.75) is 4.90 Å². The number of anilines is 2. The molecular weight excluding hydrogens is 414 g/mol. The lowest BCUT2D eigenvalue weighted by molar-refractivity contribution is -0.384. The van der Waals surface area contributed by atoms with E-state index < -0.39 is 27.4 Å². The Labute approximate surface area is 165 Å². The van der Waals surface area contributed by atoms with Crippen LogP contribution in [-0.2, 0) is 14.8 Å². The van der Waals surface area contributed by atoms with Gasteiger partial charge < -0.3 is 5.32 Å². The quantitative estimate of drug-likeness (QED) is 0.410. The van der Waals surface area contributed by atoms with Gasteiger partial charge in [0.05, 0.1) is 27.6 Å². The van der Waals surface area contributed by atoms with Crippen LogP contribution in [0.25, 0.3) is 0 Å². The molecule has 0 aliphatic rings. The molecule has 0 aliphatic carbocycles. The Balaban J connectivity index is 2.27. The van der Waals surface area contributed by atoms with Crippen LogP contribution in [0.2, 0.25) is 5.02 Å². The van der Waals surface area contributed by atoms with E-state index in [0.29, 0.717) is 5.69 Å². The first kappa shape index (κ1) is 21.0. The number of carbonyl (C=O) groups is 1. The normalized spacial score (nSPS) is 11.1. The second kappa shape index (κ2) is 8.59. The number of nitro groups is 1. The van der Waals surface area contributed by atoms with Crippen LogP contribution >= 0.6 is 23.4 Å². The van der Waals surface area contributed by atoms with Crippen molar-refractivity contribution in [2.75, 3.05) is 28.7 Å². The van der Waals surface area contributed by atoms with E-state index in [4.69, 9.17) is 11.6 Å². The first-order valence-corrected chi connectivity index (χ1v) is 10.9. The lowest BCUT2D eigenvalue weighted by Crippen LogP contribution is -2.37. The number of hydrogen-bond acceptors (Lipinski definition) is 6. The number of hydrogen-bond donors (Lipinski definition) is 1. The van der Waals surface area contributed by atoms with Gasteiger partial charge in [0.2, 0.25) is 15.9 Å². The van der Waals surface area contributed by atoms with Gasteiger partial charge >= 0.3 is 0 Å². The Morgan fingerprint density at radius 1 is 1.30 bits per heavy atom. The minimum Gasteiger partial charge on any atom is -0.323 e. The van der Waals surface area contributed by atoms with E-state index in [-0.39, 0.29) is 16.4 Å². The van der Waals surface area contributed by atoms with E-state index in [2.05, 4.69) is 5.32 Å². The molecule has 0 aromatic heterocycles. The number of benzene rings is 2. The van der Waals surface area contributed by atoms with Crippen LogP contribution in [0.15, 0.2) is 47.4 Å². The zero-order valence-electron chi connectivity index (χ0n) is 14.4. The maximum atomic E-state index is 12.4. The minimum atomic E-state index is -3.74. The van der Waals surface area contributed by atoms with Gasteiger partial charge in [-0.15, -0.1) is 11.8 Å². The van der Waals surface area contributed by atoms with Gasteiger partial charge in [0, 0.05) is 17.0 Å². The van der Waals surface area contributed by atoms with Crippen LogP contribution in [-0.4, -0.2) is 38.3 Å². The van der Waals surface area contributed by atoms with Crippen molar-refractivity contribution >= 4 is 56.4 Å². The van der Waals surface area contributed by atoms with Gasteiger partial charge in [-0.25, -0.2) is 8.42 Å². The van der Waals surface area contributed by atoms with Gasteiger partial charge in [-0.2, -0.15) is 0 Å². The number of sulfonamides is 1. The molecule has 2 aromatic carbocycles. The topological polar surface area (TPSA) is 110 Å². The second-order valence-corrected chi connectivity index (χ2v) is 8.63. The number of thioether (sulfide) groups is 1. The molecule has 144 valence electrons. The Kier molecular flexibility index (Phi) is 6.68. The number of nitrogens with one attached hydrogen (secondary N) is 1. The summed E-state index contributed by atoms with van der Waals surface area (Å²) in [6.45, 7) is -0.504. The molecule has 0 fully saturated rings. The average molecular weight is 430 g/mol. The number of rotatable bonds is 7. The van der Waals surface area contributed by atoms with Crippen molar-refractivity contribution < 1.29 is 18.1 Å². The predicted octanol–water partition coefficient (Wildman–Crippen LogP) is 3.37. The van der Waals surface area contributed by atoms with Crippen LogP contribution in [0.4, 0.5) is 17.1 Å². The van der Waals surface area contributed by atoms with Crippen molar-refractivity contribution in [1.29, 1.82) is 0 Å². The summed E-state index contributed by atoms with van der Waals surface area (Å²) in [6.07, 6.45) is 2.84. The Hall–Kier alpha value is -2.30. The highest BCUT2D eigenvalue weighted by Crippen LogP contribution is 2.27. The third-order valence-electron chi connectivity index (χ3n) is 3.46. The first-order chi connectivity index (χ1) is 12.6. The predicted molar refractivity (Wildman–Crippen MR) is 107 cm³/mol. The van der Waals surface area contributed by atoms with Crippen molar-refractivity contribution in [3.05, 3.63) is 57.6 Å². The van der Waals surface area contributed by atoms with E-state index in [9.17, 15) is 23.3 Å². The molecule has 0 spiro atoms. The summed E-state index contributed by atoms with van der Waals surface area (Å²) >= 11 is 7.39. The van der Waals surface area contributed by atoms with Gasteiger partial charge in [0.25, 0.3) is 5.69 Å². The molecule has 2 aromatic rings. The fourth-order valence-corrected chi connectivity index (χ4v) is 3.67. The van der Waals surface area contributed by atoms with Gasteiger partial charge in [-0.05, 0) is 30.5 Å². The summed E-state index contributed by atoms with van der Waals surface area (Å²) < 4.78 is 25.3. The van der Waals surface area contributed by atoms with Crippen molar-refractivity contribution in [3.8, 4) is 0 Å². The largest absolute Gasteiger partial charge is 0.323 e. The summed E-state index contributed by atoms with van der Waals surface area (Å²) in [4.78, 5) is 23.5. The highest BCUT2D eigenvalue weighted by atomic mass is 35.5. The van der Waals surface area contributed by atoms with Gasteiger partial charge in [0.15, 0.2) is 0 Å². The fraction of sp³-hybridized carbons (Fsp3) is 0.188. The smallest absolute Gasteiger partial charge is 0.271 e.